The largest absolute Gasteiger partial charge is 0.486 e. The van der Waals surface area contributed by atoms with Gasteiger partial charge in [0.25, 0.3) is 5.91 Å². The monoisotopic (exact) mass is 320 g/mol. The summed E-state index contributed by atoms with van der Waals surface area (Å²) in [6.45, 7) is 6.39. The number of nitrogens with zero attached hydrogens (tertiary/aromatic N) is 1. The average molecular weight is 320 g/mol. The lowest BCUT2D eigenvalue weighted by Crippen LogP contribution is -2.28. The van der Waals surface area contributed by atoms with Gasteiger partial charge in [-0.1, -0.05) is 35.9 Å². The molecule has 0 spiro atoms. The number of amidine groups is 1. The number of amides is 1. The Bertz CT molecular complexity index is 813. The van der Waals surface area contributed by atoms with Gasteiger partial charge < -0.3 is 10.1 Å². The third-order valence-electron chi connectivity index (χ3n) is 3.88. The number of hydrogen-bond donors (Lipinski definition) is 1. The van der Waals surface area contributed by atoms with Gasteiger partial charge in [0.15, 0.2) is 0 Å². The van der Waals surface area contributed by atoms with E-state index in [-0.39, 0.29) is 12.5 Å². The van der Waals surface area contributed by atoms with Gasteiger partial charge in [-0.15, -0.1) is 0 Å². The van der Waals surface area contributed by atoms with Crippen LogP contribution in [0.3, 0.4) is 0 Å². The minimum atomic E-state index is -0.193. The number of carbonyl (C=O) groups excluding carboxylic acids is 1. The fraction of sp³-hybridized carbons (Fsp3) is 0.200. The van der Waals surface area contributed by atoms with Gasteiger partial charge in [0, 0.05) is 0 Å². The van der Waals surface area contributed by atoms with Crippen LogP contribution in [-0.2, 0) is 4.79 Å². The van der Waals surface area contributed by atoms with Crippen LogP contribution in [0.15, 0.2) is 53.2 Å². The number of rotatable bonds is 4. The lowest BCUT2D eigenvalue weighted by molar-refractivity contribution is -0.115. The summed E-state index contributed by atoms with van der Waals surface area (Å²) in [7, 11) is 0. The van der Waals surface area contributed by atoms with Crippen molar-refractivity contribution in [2.75, 3.05) is 6.61 Å². The second-order valence-electron chi connectivity index (χ2n) is 5.96. The normalized spacial score (nSPS) is 15.4. The van der Waals surface area contributed by atoms with Crippen molar-refractivity contribution in [2.45, 2.75) is 20.8 Å². The molecule has 122 valence electrons. The van der Waals surface area contributed by atoms with Crippen LogP contribution in [0.5, 0.6) is 5.75 Å². The van der Waals surface area contributed by atoms with Crippen molar-refractivity contribution in [2.24, 2.45) is 4.99 Å². The fourth-order valence-corrected chi connectivity index (χ4v) is 2.81. The zero-order valence-electron chi connectivity index (χ0n) is 14.1. The first-order valence-corrected chi connectivity index (χ1v) is 7.89. The fourth-order valence-electron chi connectivity index (χ4n) is 2.81. The topological polar surface area (TPSA) is 50.7 Å². The number of benzene rings is 2. The highest BCUT2D eigenvalue weighted by Crippen LogP contribution is 2.21. The molecule has 0 radical (unpaired) electrons. The quantitative estimate of drug-likeness (QED) is 0.876. The maximum atomic E-state index is 12.1. The molecule has 2 aromatic carbocycles. The molecule has 0 aromatic heterocycles. The van der Waals surface area contributed by atoms with Gasteiger partial charge in [-0.3, -0.25) is 4.79 Å². The summed E-state index contributed by atoms with van der Waals surface area (Å²) in [4.78, 5) is 16.5. The van der Waals surface area contributed by atoms with E-state index in [2.05, 4.69) is 29.4 Å². The van der Waals surface area contributed by atoms with Crippen LogP contribution >= 0.6 is 0 Å². The molecule has 1 amide bonds. The van der Waals surface area contributed by atoms with Crippen molar-refractivity contribution in [3.8, 4) is 5.75 Å². The Morgan fingerprint density at radius 1 is 1.08 bits per heavy atom. The van der Waals surface area contributed by atoms with E-state index in [1.165, 1.54) is 5.56 Å². The molecule has 0 saturated carbocycles. The molecule has 4 heteroatoms. The lowest BCUT2D eigenvalue weighted by Gasteiger charge is -2.07. The van der Waals surface area contributed by atoms with Crippen molar-refractivity contribution < 1.29 is 9.53 Å². The van der Waals surface area contributed by atoms with Gasteiger partial charge in [0.1, 0.15) is 23.9 Å². The highest BCUT2D eigenvalue weighted by Gasteiger charge is 2.20. The molecule has 0 saturated heterocycles. The first kappa shape index (κ1) is 16.0. The van der Waals surface area contributed by atoms with Gasteiger partial charge >= 0.3 is 0 Å². The molecule has 0 unspecified atom stereocenters. The summed E-state index contributed by atoms with van der Waals surface area (Å²) in [5, 5.41) is 2.76. The highest BCUT2D eigenvalue weighted by molar-refractivity contribution is 6.14. The van der Waals surface area contributed by atoms with Crippen LogP contribution in [0.4, 0.5) is 0 Å². The zero-order valence-corrected chi connectivity index (χ0v) is 14.1. The number of para-hydroxylation sites is 1. The Balaban J connectivity index is 1.79. The maximum Gasteiger partial charge on any atom is 0.275 e. The number of nitrogens with one attached hydrogen (secondary N) is 1. The number of carbonyl (C=O) groups is 1. The molecule has 2 aromatic rings. The van der Waals surface area contributed by atoms with E-state index >= 15 is 0 Å². The number of hydrogen-bond acceptors (Lipinski definition) is 3. The van der Waals surface area contributed by atoms with Crippen molar-refractivity contribution in [1.82, 2.24) is 5.32 Å². The van der Waals surface area contributed by atoms with Crippen LogP contribution in [0.1, 0.15) is 22.3 Å². The molecule has 0 bridgehead atoms. The van der Waals surface area contributed by atoms with E-state index in [9.17, 15) is 4.79 Å². The number of aryl methyl sites for hydroxylation is 3. The Morgan fingerprint density at radius 3 is 2.42 bits per heavy atom. The van der Waals surface area contributed by atoms with E-state index in [1.54, 1.807) is 0 Å². The SMILES string of the molecule is Cc1cc(C)c(/C=C2\N=C(COc3ccccc3)NC2=O)c(C)c1. The van der Waals surface area contributed by atoms with Crippen LogP contribution in [0, 0.1) is 20.8 Å². The minimum absolute atomic E-state index is 0.193. The Kier molecular flexibility index (Phi) is 4.47. The Labute approximate surface area is 141 Å². The molecule has 4 nitrogen and oxygen atoms in total. The van der Waals surface area contributed by atoms with E-state index in [0.717, 1.165) is 22.4 Å². The first-order valence-electron chi connectivity index (χ1n) is 7.89. The maximum absolute atomic E-state index is 12.1. The summed E-state index contributed by atoms with van der Waals surface area (Å²) >= 11 is 0. The van der Waals surface area contributed by atoms with Gasteiger partial charge in [-0.25, -0.2) is 4.99 Å². The van der Waals surface area contributed by atoms with Gasteiger partial charge in [0.2, 0.25) is 0 Å². The smallest absolute Gasteiger partial charge is 0.275 e. The first-order chi connectivity index (χ1) is 11.5. The highest BCUT2D eigenvalue weighted by atomic mass is 16.5. The van der Waals surface area contributed by atoms with Gasteiger partial charge in [0.05, 0.1) is 0 Å². The lowest BCUT2D eigenvalue weighted by atomic mass is 9.99. The van der Waals surface area contributed by atoms with E-state index < -0.39 is 0 Å². The van der Waals surface area contributed by atoms with Crippen molar-refractivity contribution in [1.29, 1.82) is 0 Å². The second kappa shape index (κ2) is 6.71. The van der Waals surface area contributed by atoms with E-state index in [0.29, 0.717) is 11.5 Å². The van der Waals surface area contributed by atoms with E-state index in [1.807, 2.05) is 50.3 Å². The zero-order chi connectivity index (χ0) is 17.1. The molecule has 1 N–H and O–H groups in total. The van der Waals surface area contributed by atoms with Crippen LogP contribution in [0.2, 0.25) is 0 Å². The molecule has 1 aliphatic heterocycles. The van der Waals surface area contributed by atoms with Crippen molar-refractivity contribution >= 4 is 17.8 Å². The predicted octanol–water partition coefficient (Wildman–Crippen LogP) is 3.56. The standard InChI is InChI=1S/C20H20N2O2/c1-13-9-14(2)17(15(3)10-13)11-18-20(23)22-19(21-18)12-24-16-7-5-4-6-8-16/h4-11H,12H2,1-3H3,(H,21,22,23)/b18-11-. The van der Waals surface area contributed by atoms with Crippen LogP contribution in [-0.4, -0.2) is 18.3 Å². The summed E-state index contributed by atoms with van der Waals surface area (Å²) in [6.07, 6.45) is 1.84. The molecule has 3 rings (SSSR count). The Morgan fingerprint density at radius 2 is 1.75 bits per heavy atom. The summed E-state index contributed by atoms with van der Waals surface area (Å²) in [6, 6.07) is 13.7. The Hall–Kier alpha value is -2.88. The van der Waals surface area contributed by atoms with Crippen molar-refractivity contribution in [3.05, 3.63) is 70.4 Å². The van der Waals surface area contributed by atoms with Crippen LogP contribution < -0.4 is 10.1 Å². The van der Waals surface area contributed by atoms with Gasteiger partial charge in [-0.05, 0) is 55.7 Å². The summed E-state index contributed by atoms with van der Waals surface area (Å²) in [5.74, 6) is 1.08. The average Bonchev–Trinajstić information content (AvgIpc) is 2.90. The molecular weight excluding hydrogens is 300 g/mol. The summed E-state index contributed by atoms with van der Waals surface area (Å²) in [5.41, 5.74) is 4.94. The second-order valence-corrected chi connectivity index (χ2v) is 5.96. The molecule has 24 heavy (non-hydrogen) atoms. The van der Waals surface area contributed by atoms with E-state index in [4.69, 9.17) is 4.74 Å². The minimum Gasteiger partial charge on any atom is -0.486 e. The molecule has 0 atom stereocenters. The van der Waals surface area contributed by atoms with Gasteiger partial charge in [-0.2, -0.15) is 0 Å². The third kappa shape index (κ3) is 3.54. The molecule has 1 heterocycles. The third-order valence-corrected chi connectivity index (χ3v) is 3.88. The molecule has 0 fully saturated rings. The van der Waals surface area contributed by atoms with Crippen LogP contribution in [0.25, 0.3) is 6.08 Å². The number of aliphatic imine (C=N–C) groups is 1. The summed E-state index contributed by atoms with van der Waals surface area (Å²) < 4.78 is 5.63. The molecular formula is C20H20N2O2. The van der Waals surface area contributed by atoms with Crippen molar-refractivity contribution in [3.63, 3.8) is 0 Å². The number of ether oxygens (including phenoxy) is 1. The predicted molar refractivity (Wildman–Crippen MR) is 96.1 cm³/mol. The molecule has 0 aliphatic carbocycles. The molecule has 1 aliphatic rings.